The number of benzene rings is 1. The average molecular weight is 295 g/mol. The molecule has 1 aliphatic rings. The summed E-state index contributed by atoms with van der Waals surface area (Å²) < 4.78 is 25.4. The van der Waals surface area contributed by atoms with Crippen molar-refractivity contribution in [2.45, 2.75) is 62.6 Å². The van der Waals surface area contributed by atoms with Crippen molar-refractivity contribution in [1.82, 2.24) is 5.32 Å². The Morgan fingerprint density at radius 1 is 1.20 bits per heavy atom. The Morgan fingerprint density at radius 2 is 1.95 bits per heavy atom. The Balaban J connectivity index is 2.13. The van der Waals surface area contributed by atoms with Crippen molar-refractivity contribution >= 4 is 9.84 Å². The summed E-state index contributed by atoms with van der Waals surface area (Å²) in [6.07, 6.45) is 3.58. The topological polar surface area (TPSA) is 46.2 Å². The molecule has 1 aromatic carbocycles. The molecule has 1 N–H and O–H groups in total. The van der Waals surface area contributed by atoms with Gasteiger partial charge in [0.25, 0.3) is 0 Å². The van der Waals surface area contributed by atoms with Gasteiger partial charge in [-0.3, -0.25) is 0 Å². The summed E-state index contributed by atoms with van der Waals surface area (Å²) in [4.78, 5) is 0.488. The second-order valence-corrected chi connectivity index (χ2v) is 8.11. The van der Waals surface area contributed by atoms with Gasteiger partial charge in [-0.2, -0.15) is 0 Å². The van der Waals surface area contributed by atoms with Crippen LogP contribution in [-0.2, 0) is 9.84 Å². The molecule has 2 atom stereocenters. The summed E-state index contributed by atoms with van der Waals surface area (Å²) in [5, 5.41) is 3.22. The SMILES string of the molecule is CCCNC1CCC(S(=O)(=O)c2ccc(C)c(C)c2)C1. The summed E-state index contributed by atoms with van der Waals surface area (Å²) in [6, 6.07) is 5.84. The van der Waals surface area contributed by atoms with Gasteiger partial charge in [0.05, 0.1) is 10.1 Å². The molecule has 0 aromatic heterocycles. The van der Waals surface area contributed by atoms with Crippen LogP contribution in [0.4, 0.5) is 0 Å². The first-order valence-electron chi connectivity index (χ1n) is 7.49. The molecule has 112 valence electrons. The molecule has 1 fully saturated rings. The number of hydrogen-bond acceptors (Lipinski definition) is 3. The van der Waals surface area contributed by atoms with Crippen LogP contribution in [0.2, 0.25) is 0 Å². The number of rotatable bonds is 5. The molecule has 1 aromatic rings. The van der Waals surface area contributed by atoms with Crippen LogP contribution in [0, 0.1) is 13.8 Å². The quantitative estimate of drug-likeness (QED) is 0.908. The van der Waals surface area contributed by atoms with E-state index in [4.69, 9.17) is 0 Å². The fourth-order valence-electron chi connectivity index (χ4n) is 2.84. The molecule has 1 saturated carbocycles. The number of sulfone groups is 1. The van der Waals surface area contributed by atoms with Gasteiger partial charge in [-0.15, -0.1) is 0 Å². The van der Waals surface area contributed by atoms with Gasteiger partial charge in [0.2, 0.25) is 0 Å². The summed E-state index contributed by atoms with van der Waals surface area (Å²) in [7, 11) is -3.18. The zero-order chi connectivity index (χ0) is 14.8. The molecule has 0 heterocycles. The molecule has 3 nitrogen and oxygen atoms in total. The minimum atomic E-state index is -3.18. The smallest absolute Gasteiger partial charge is 0.181 e. The zero-order valence-electron chi connectivity index (χ0n) is 12.6. The molecule has 0 aliphatic heterocycles. The third-order valence-electron chi connectivity index (χ3n) is 4.31. The minimum Gasteiger partial charge on any atom is -0.314 e. The summed E-state index contributed by atoms with van der Waals surface area (Å²) in [5.41, 5.74) is 2.18. The van der Waals surface area contributed by atoms with E-state index in [1.165, 1.54) is 0 Å². The predicted molar refractivity (Wildman–Crippen MR) is 82.8 cm³/mol. The van der Waals surface area contributed by atoms with Crippen LogP contribution in [0.5, 0.6) is 0 Å². The molecule has 4 heteroatoms. The third kappa shape index (κ3) is 3.23. The van der Waals surface area contributed by atoms with Gasteiger partial charge in [-0.25, -0.2) is 8.42 Å². The lowest BCUT2D eigenvalue weighted by Gasteiger charge is -2.14. The number of aryl methyl sites for hydroxylation is 2. The summed E-state index contributed by atoms with van der Waals surface area (Å²) in [5.74, 6) is 0. The highest BCUT2D eigenvalue weighted by atomic mass is 32.2. The third-order valence-corrected chi connectivity index (χ3v) is 6.53. The van der Waals surface area contributed by atoms with Gasteiger partial charge in [0, 0.05) is 6.04 Å². The van der Waals surface area contributed by atoms with E-state index in [1.807, 2.05) is 26.0 Å². The Morgan fingerprint density at radius 3 is 2.60 bits per heavy atom. The molecule has 0 amide bonds. The van der Waals surface area contributed by atoms with Crippen molar-refractivity contribution < 1.29 is 8.42 Å². The predicted octanol–water partition coefficient (Wildman–Crippen LogP) is 3.00. The Kier molecular flexibility index (Phi) is 4.86. The Labute approximate surface area is 122 Å². The highest BCUT2D eigenvalue weighted by Crippen LogP contribution is 2.30. The second-order valence-electron chi connectivity index (χ2n) is 5.88. The summed E-state index contributed by atoms with van der Waals surface area (Å²) >= 11 is 0. The highest BCUT2D eigenvalue weighted by molar-refractivity contribution is 7.92. The molecule has 0 spiro atoms. The van der Waals surface area contributed by atoms with Crippen LogP contribution in [0.3, 0.4) is 0 Å². The van der Waals surface area contributed by atoms with Gasteiger partial charge < -0.3 is 5.32 Å². The van der Waals surface area contributed by atoms with E-state index in [-0.39, 0.29) is 5.25 Å². The molecule has 20 heavy (non-hydrogen) atoms. The van der Waals surface area contributed by atoms with Gasteiger partial charge >= 0.3 is 0 Å². The second kappa shape index (κ2) is 6.27. The highest BCUT2D eigenvalue weighted by Gasteiger charge is 2.35. The molecule has 0 saturated heterocycles. The van der Waals surface area contributed by atoms with E-state index in [9.17, 15) is 8.42 Å². The molecule has 2 unspecified atom stereocenters. The van der Waals surface area contributed by atoms with Crippen molar-refractivity contribution in [1.29, 1.82) is 0 Å². The fourth-order valence-corrected chi connectivity index (χ4v) is 4.75. The van der Waals surface area contributed by atoms with Crippen LogP contribution in [-0.4, -0.2) is 26.3 Å². The van der Waals surface area contributed by atoms with Crippen LogP contribution >= 0.6 is 0 Å². The zero-order valence-corrected chi connectivity index (χ0v) is 13.5. The van der Waals surface area contributed by atoms with Crippen LogP contribution in [0.15, 0.2) is 23.1 Å². The monoisotopic (exact) mass is 295 g/mol. The van der Waals surface area contributed by atoms with E-state index < -0.39 is 9.84 Å². The van der Waals surface area contributed by atoms with Gasteiger partial charge in [-0.05, 0) is 69.3 Å². The van der Waals surface area contributed by atoms with Crippen molar-refractivity contribution in [3.63, 3.8) is 0 Å². The number of nitrogens with one attached hydrogen (secondary N) is 1. The first-order valence-corrected chi connectivity index (χ1v) is 9.04. The van der Waals surface area contributed by atoms with Crippen LogP contribution < -0.4 is 5.32 Å². The molecule has 0 radical (unpaired) electrons. The van der Waals surface area contributed by atoms with Gasteiger partial charge in [0.15, 0.2) is 9.84 Å². The Hall–Kier alpha value is -0.870. The fraction of sp³-hybridized carbons (Fsp3) is 0.625. The molecule has 0 bridgehead atoms. The minimum absolute atomic E-state index is 0.223. The normalized spacial score (nSPS) is 23.1. The molecule has 1 aliphatic carbocycles. The average Bonchev–Trinajstić information content (AvgIpc) is 2.89. The summed E-state index contributed by atoms with van der Waals surface area (Å²) in [6.45, 7) is 7.08. The molecular formula is C16H25NO2S. The largest absolute Gasteiger partial charge is 0.314 e. The lowest BCUT2D eigenvalue weighted by atomic mass is 10.1. The molecule has 2 rings (SSSR count). The maximum Gasteiger partial charge on any atom is 0.181 e. The lowest BCUT2D eigenvalue weighted by molar-refractivity contribution is 0.520. The standard InChI is InChI=1S/C16H25NO2S/c1-4-9-17-14-6-8-16(11-14)20(18,19)15-7-5-12(2)13(3)10-15/h5,7,10,14,16-17H,4,6,8-9,11H2,1-3H3. The van der Waals surface area contributed by atoms with E-state index in [1.54, 1.807) is 6.07 Å². The first kappa shape index (κ1) is 15.5. The van der Waals surface area contributed by atoms with Crippen LogP contribution in [0.1, 0.15) is 43.7 Å². The van der Waals surface area contributed by atoms with Crippen molar-refractivity contribution in [2.75, 3.05) is 6.54 Å². The number of hydrogen-bond donors (Lipinski definition) is 1. The van der Waals surface area contributed by atoms with E-state index in [2.05, 4.69) is 12.2 Å². The Bertz CT molecular complexity index is 566. The van der Waals surface area contributed by atoms with Crippen molar-refractivity contribution in [3.05, 3.63) is 29.3 Å². The van der Waals surface area contributed by atoms with E-state index in [0.717, 1.165) is 43.4 Å². The van der Waals surface area contributed by atoms with Crippen LogP contribution in [0.25, 0.3) is 0 Å². The van der Waals surface area contributed by atoms with Crippen molar-refractivity contribution in [2.24, 2.45) is 0 Å². The maximum atomic E-state index is 12.7. The lowest BCUT2D eigenvalue weighted by Crippen LogP contribution is -2.29. The van der Waals surface area contributed by atoms with Gasteiger partial charge in [0.1, 0.15) is 0 Å². The van der Waals surface area contributed by atoms with E-state index in [0.29, 0.717) is 10.9 Å². The first-order chi connectivity index (χ1) is 9.45. The van der Waals surface area contributed by atoms with E-state index >= 15 is 0 Å². The maximum absolute atomic E-state index is 12.7. The molecular weight excluding hydrogens is 270 g/mol. The van der Waals surface area contributed by atoms with Gasteiger partial charge in [-0.1, -0.05) is 13.0 Å². The van der Waals surface area contributed by atoms with Crippen molar-refractivity contribution in [3.8, 4) is 0 Å².